The molecule has 0 aliphatic rings. The summed E-state index contributed by atoms with van der Waals surface area (Å²) in [5, 5.41) is 9.46. The fraction of sp³-hybridized carbons (Fsp3) is 0.500. The highest BCUT2D eigenvalue weighted by molar-refractivity contribution is 9.10. The van der Waals surface area contributed by atoms with E-state index in [0.29, 0.717) is 0 Å². The Bertz CT molecular complexity index is 225. The zero-order valence-electron chi connectivity index (χ0n) is 6.60. The quantitative estimate of drug-likeness (QED) is 0.834. The molecule has 3 heteroatoms. The van der Waals surface area contributed by atoms with E-state index >= 15 is 0 Å². The van der Waals surface area contributed by atoms with Gasteiger partial charge in [-0.15, -0.1) is 11.3 Å². The number of rotatable bonds is 2. The lowest BCUT2D eigenvalue weighted by molar-refractivity contribution is 0.177. The van der Waals surface area contributed by atoms with E-state index < -0.39 is 0 Å². The minimum Gasteiger partial charge on any atom is -0.388 e. The third-order valence-electron chi connectivity index (χ3n) is 1.59. The summed E-state index contributed by atoms with van der Waals surface area (Å²) in [6.45, 7) is 4.02. The number of thiophene rings is 1. The molecule has 1 rings (SSSR count). The Morgan fingerprint density at radius 3 is 2.73 bits per heavy atom. The van der Waals surface area contributed by atoms with Gasteiger partial charge in [-0.1, -0.05) is 6.92 Å². The zero-order valence-corrected chi connectivity index (χ0v) is 9.00. The summed E-state index contributed by atoms with van der Waals surface area (Å²) in [4.78, 5) is 2.28. The van der Waals surface area contributed by atoms with Crippen molar-refractivity contribution in [1.82, 2.24) is 0 Å². The molecule has 0 fully saturated rings. The third-order valence-corrected chi connectivity index (χ3v) is 3.83. The first-order valence-electron chi connectivity index (χ1n) is 3.59. The molecule has 0 bridgehead atoms. The van der Waals surface area contributed by atoms with Crippen LogP contribution in [0.25, 0.3) is 0 Å². The van der Waals surface area contributed by atoms with Gasteiger partial charge in [-0.3, -0.25) is 0 Å². The van der Waals surface area contributed by atoms with Crippen LogP contribution in [0.15, 0.2) is 10.5 Å². The van der Waals surface area contributed by atoms with Gasteiger partial charge in [-0.05, 0) is 35.3 Å². The van der Waals surface area contributed by atoms with Gasteiger partial charge < -0.3 is 5.11 Å². The van der Waals surface area contributed by atoms with Crippen LogP contribution >= 0.6 is 27.3 Å². The van der Waals surface area contributed by atoms with Crippen molar-refractivity contribution in [2.45, 2.75) is 26.4 Å². The minimum absolute atomic E-state index is 0.287. The van der Waals surface area contributed by atoms with E-state index in [9.17, 15) is 5.11 Å². The van der Waals surface area contributed by atoms with Gasteiger partial charge in [0.05, 0.1) is 6.10 Å². The maximum Gasteiger partial charge on any atom is 0.0879 e. The molecule has 0 saturated carbocycles. The largest absolute Gasteiger partial charge is 0.388 e. The Morgan fingerprint density at radius 1 is 1.73 bits per heavy atom. The molecule has 0 radical (unpaired) electrons. The van der Waals surface area contributed by atoms with Crippen molar-refractivity contribution in [2.75, 3.05) is 0 Å². The Morgan fingerprint density at radius 2 is 2.36 bits per heavy atom. The van der Waals surface area contributed by atoms with E-state index in [2.05, 4.69) is 15.9 Å². The van der Waals surface area contributed by atoms with E-state index in [1.165, 1.54) is 4.88 Å². The summed E-state index contributed by atoms with van der Waals surface area (Å²) in [5.74, 6) is 0. The first-order chi connectivity index (χ1) is 5.15. The first kappa shape index (κ1) is 9.23. The average Bonchev–Trinajstić information content (AvgIpc) is 2.31. The van der Waals surface area contributed by atoms with Gasteiger partial charge in [0.15, 0.2) is 0 Å². The second-order valence-corrected chi connectivity index (χ2v) is 4.62. The normalized spacial score (nSPS) is 13.5. The Labute approximate surface area is 79.2 Å². The van der Waals surface area contributed by atoms with Crippen molar-refractivity contribution in [3.8, 4) is 0 Å². The van der Waals surface area contributed by atoms with Crippen LogP contribution in [0, 0.1) is 6.92 Å². The van der Waals surface area contributed by atoms with Crippen molar-refractivity contribution < 1.29 is 5.11 Å². The van der Waals surface area contributed by atoms with Gasteiger partial charge in [-0.2, -0.15) is 0 Å². The highest BCUT2D eigenvalue weighted by atomic mass is 79.9. The highest BCUT2D eigenvalue weighted by Gasteiger charge is 2.09. The molecule has 1 aromatic rings. The van der Waals surface area contributed by atoms with Crippen LogP contribution in [0.1, 0.15) is 29.2 Å². The fourth-order valence-electron chi connectivity index (χ4n) is 0.847. The molecule has 0 amide bonds. The van der Waals surface area contributed by atoms with Gasteiger partial charge in [-0.25, -0.2) is 0 Å². The zero-order chi connectivity index (χ0) is 8.43. The number of hydrogen-bond acceptors (Lipinski definition) is 2. The second kappa shape index (κ2) is 3.70. The molecular formula is C8H11BrOS. The number of halogens is 1. The molecule has 0 aromatic carbocycles. The number of aryl methyl sites for hydroxylation is 1. The van der Waals surface area contributed by atoms with Crippen LogP contribution in [-0.4, -0.2) is 5.11 Å². The summed E-state index contributed by atoms with van der Waals surface area (Å²) in [5.41, 5.74) is 0. The molecule has 0 aliphatic heterocycles. The van der Waals surface area contributed by atoms with Gasteiger partial charge in [0.1, 0.15) is 0 Å². The summed E-state index contributed by atoms with van der Waals surface area (Å²) < 4.78 is 1.10. The van der Waals surface area contributed by atoms with E-state index in [1.807, 2.05) is 19.9 Å². The summed E-state index contributed by atoms with van der Waals surface area (Å²) >= 11 is 5.06. The van der Waals surface area contributed by atoms with E-state index in [0.717, 1.165) is 15.8 Å². The van der Waals surface area contributed by atoms with Crippen LogP contribution in [0.3, 0.4) is 0 Å². The number of aliphatic hydroxyl groups is 1. The van der Waals surface area contributed by atoms with Crippen LogP contribution in [-0.2, 0) is 0 Å². The third kappa shape index (κ3) is 2.04. The first-order valence-corrected chi connectivity index (χ1v) is 5.20. The maximum absolute atomic E-state index is 9.46. The SMILES string of the molecule is CCC(O)c1cc(Br)c(C)s1. The predicted octanol–water partition coefficient (Wildman–Crippen LogP) is 3.26. The van der Waals surface area contributed by atoms with Crippen molar-refractivity contribution >= 4 is 27.3 Å². The monoisotopic (exact) mass is 234 g/mol. The predicted molar refractivity (Wildman–Crippen MR) is 52.0 cm³/mol. The van der Waals surface area contributed by atoms with Crippen LogP contribution in [0.4, 0.5) is 0 Å². The minimum atomic E-state index is -0.287. The topological polar surface area (TPSA) is 20.2 Å². The lowest BCUT2D eigenvalue weighted by Gasteiger charge is -2.01. The molecule has 1 atom stereocenters. The molecule has 0 saturated heterocycles. The van der Waals surface area contributed by atoms with Crippen molar-refractivity contribution in [1.29, 1.82) is 0 Å². The Hall–Kier alpha value is 0.140. The molecule has 62 valence electrons. The smallest absolute Gasteiger partial charge is 0.0879 e. The molecule has 0 aliphatic carbocycles. The van der Waals surface area contributed by atoms with E-state index in [1.54, 1.807) is 11.3 Å². The van der Waals surface area contributed by atoms with Crippen LogP contribution in [0.5, 0.6) is 0 Å². The number of aliphatic hydroxyl groups excluding tert-OH is 1. The van der Waals surface area contributed by atoms with Crippen molar-refractivity contribution in [2.24, 2.45) is 0 Å². The van der Waals surface area contributed by atoms with E-state index in [4.69, 9.17) is 0 Å². The summed E-state index contributed by atoms with van der Waals surface area (Å²) in [6.07, 6.45) is 0.497. The van der Waals surface area contributed by atoms with Gasteiger partial charge in [0.25, 0.3) is 0 Å². The molecular weight excluding hydrogens is 224 g/mol. The molecule has 1 aromatic heterocycles. The average molecular weight is 235 g/mol. The summed E-state index contributed by atoms with van der Waals surface area (Å²) in [6, 6.07) is 1.99. The van der Waals surface area contributed by atoms with Crippen molar-refractivity contribution in [3.63, 3.8) is 0 Å². The Balaban J connectivity index is 2.88. The lowest BCUT2D eigenvalue weighted by Crippen LogP contribution is -1.89. The van der Waals surface area contributed by atoms with Crippen LogP contribution < -0.4 is 0 Å². The molecule has 1 nitrogen and oxygen atoms in total. The fourth-order valence-corrected chi connectivity index (χ4v) is 2.48. The summed E-state index contributed by atoms with van der Waals surface area (Å²) in [7, 11) is 0. The van der Waals surface area contributed by atoms with E-state index in [-0.39, 0.29) is 6.10 Å². The Kier molecular flexibility index (Phi) is 3.10. The van der Waals surface area contributed by atoms with Gasteiger partial charge in [0.2, 0.25) is 0 Å². The highest BCUT2D eigenvalue weighted by Crippen LogP contribution is 2.31. The van der Waals surface area contributed by atoms with Gasteiger partial charge in [0, 0.05) is 14.2 Å². The molecule has 1 heterocycles. The standard InChI is InChI=1S/C8H11BrOS/c1-3-7(10)8-4-6(9)5(2)11-8/h4,7,10H,3H2,1-2H3. The van der Waals surface area contributed by atoms with Crippen LogP contribution in [0.2, 0.25) is 0 Å². The molecule has 0 spiro atoms. The number of hydrogen-bond donors (Lipinski definition) is 1. The second-order valence-electron chi connectivity index (χ2n) is 2.48. The molecule has 1 unspecified atom stereocenters. The molecule has 1 N–H and O–H groups in total. The molecule has 11 heavy (non-hydrogen) atoms. The lowest BCUT2D eigenvalue weighted by atomic mass is 10.2. The van der Waals surface area contributed by atoms with Crippen molar-refractivity contribution in [3.05, 3.63) is 20.3 Å². The van der Waals surface area contributed by atoms with Gasteiger partial charge >= 0.3 is 0 Å². The maximum atomic E-state index is 9.46.